The van der Waals surface area contributed by atoms with Crippen molar-refractivity contribution in [3.05, 3.63) is 74.6 Å². The molecule has 0 aliphatic heterocycles. The smallest absolute Gasteiger partial charge is 0.338 e. The van der Waals surface area contributed by atoms with Gasteiger partial charge in [0.15, 0.2) is 0 Å². The number of hydrogen-bond donors (Lipinski definition) is 1. The molecule has 5 nitrogen and oxygen atoms in total. The van der Waals surface area contributed by atoms with Crippen LogP contribution in [0.2, 0.25) is 0 Å². The van der Waals surface area contributed by atoms with Gasteiger partial charge in [-0.25, -0.2) is 9.18 Å². The number of halogens is 1. The lowest BCUT2D eigenvalue weighted by molar-refractivity contribution is -0.384. The number of nitrogens with zero attached hydrogens (tertiary/aromatic N) is 1. The average Bonchev–Trinajstić information content (AvgIpc) is 2.46. The van der Waals surface area contributed by atoms with Crippen molar-refractivity contribution in [2.75, 3.05) is 0 Å². The number of hydrogen-bond acceptors (Lipinski definition) is 3. The summed E-state index contributed by atoms with van der Waals surface area (Å²) in [6, 6.07) is 8.75. The van der Waals surface area contributed by atoms with Gasteiger partial charge in [-0.2, -0.15) is 0 Å². The Morgan fingerprint density at radius 2 is 1.82 bits per heavy atom. The van der Waals surface area contributed by atoms with Gasteiger partial charge in [-0.15, -0.1) is 0 Å². The second kappa shape index (κ2) is 6.17. The molecule has 0 aliphatic rings. The first-order valence-corrected chi connectivity index (χ1v) is 6.35. The number of nitro benzene ring substituents is 1. The maximum atomic E-state index is 14.1. The van der Waals surface area contributed by atoms with Gasteiger partial charge in [-0.1, -0.05) is 24.3 Å². The Balaban J connectivity index is 2.32. The van der Waals surface area contributed by atoms with Crippen LogP contribution < -0.4 is 0 Å². The molecule has 0 heterocycles. The molecule has 0 radical (unpaired) electrons. The van der Waals surface area contributed by atoms with Gasteiger partial charge in [-0.05, 0) is 30.2 Å². The number of rotatable bonds is 4. The van der Waals surface area contributed by atoms with Crippen molar-refractivity contribution in [3.63, 3.8) is 0 Å². The number of nitro groups is 1. The van der Waals surface area contributed by atoms with Gasteiger partial charge in [0.05, 0.1) is 10.5 Å². The van der Waals surface area contributed by atoms with Crippen LogP contribution in [-0.2, 0) is 0 Å². The Labute approximate surface area is 125 Å². The Bertz CT molecular complexity index is 766. The van der Waals surface area contributed by atoms with Gasteiger partial charge >= 0.3 is 5.97 Å². The third-order valence-corrected chi connectivity index (χ3v) is 3.15. The predicted molar refractivity (Wildman–Crippen MR) is 80.1 cm³/mol. The largest absolute Gasteiger partial charge is 0.478 e. The fraction of sp³-hybridized carbons (Fsp3) is 0.0625. The molecule has 112 valence electrons. The fourth-order valence-electron chi connectivity index (χ4n) is 1.97. The third kappa shape index (κ3) is 3.17. The van der Waals surface area contributed by atoms with Crippen molar-refractivity contribution < 1.29 is 19.2 Å². The summed E-state index contributed by atoms with van der Waals surface area (Å²) in [5, 5.41) is 19.6. The van der Waals surface area contributed by atoms with Crippen LogP contribution >= 0.6 is 0 Å². The minimum Gasteiger partial charge on any atom is -0.478 e. The Kier molecular flexibility index (Phi) is 4.31. The summed E-state index contributed by atoms with van der Waals surface area (Å²) in [7, 11) is 0. The van der Waals surface area contributed by atoms with E-state index in [0.717, 1.165) is 0 Å². The van der Waals surface area contributed by atoms with E-state index in [1.165, 1.54) is 49.4 Å². The van der Waals surface area contributed by atoms with Crippen LogP contribution in [0.15, 0.2) is 36.4 Å². The average molecular weight is 301 g/mol. The second-order valence-corrected chi connectivity index (χ2v) is 4.65. The molecule has 0 saturated carbocycles. The van der Waals surface area contributed by atoms with Crippen LogP contribution in [0.3, 0.4) is 0 Å². The molecule has 0 aliphatic carbocycles. The van der Waals surface area contributed by atoms with E-state index in [1.54, 1.807) is 6.08 Å². The maximum Gasteiger partial charge on any atom is 0.338 e. The number of non-ortho nitro benzene ring substituents is 1. The summed E-state index contributed by atoms with van der Waals surface area (Å²) in [5.41, 5.74) is 0.735. The Morgan fingerprint density at radius 1 is 1.18 bits per heavy atom. The summed E-state index contributed by atoms with van der Waals surface area (Å²) in [6.45, 7) is 1.52. The van der Waals surface area contributed by atoms with Crippen LogP contribution in [0.4, 0.5) is 10.1 Å². The zero-order valence-electron chi connectivity index (χ0n) is 11.6. The molecule has 2 aromatic carbocycles. The van der Waals surface area contributed by atoms with Gasteiger partial charge in [0.25, 0.3) is 5.69 Å². The van der Waals surface area contributed by atoms with Gasteiger partial charge < -0.3 is 5.11 Å². The highest BCUT2D eigenvalue weighted by molar-refractivity contribution is 5.91. The maximum absolute atomic E-state index is 14.1. The van der Waals surface area contributed by atoms with Crippen LogP contribution in [0.5, 0.6) is 0 Å². The van der Waals surface area contributed by atoms with Crippen molar-refractivity contribution in [1.82, 2.24) is 0 Å². The van der Waals surface area contributed by atoms with Gasteiger partial charge in [0.1, 0.15) is 5.82 Å². The first-order valence-electron chi connectivity index (χ1n) is 6.35. The van der Waals surface area contributed by atoms with Crippen LogP contribution in [-0.4, -0.2) is 16.0 Å². The molecule has 1 N–H and O–H groups in total. The lowest BCUT2D eigenvalue weighted by Gasteiger charge is -2.05. The van der Waals surface area contributed by atoms with E-state index in [2.05, 4.69) is 0 Å². The summed E-state index contributed by atoms with van der Waals surface area (Å²) < 4.78 is 14.1. The molecule has 0 fully saturated rings. The Hall–Kier alpha value is -3.02. The van der Waals surface area contributed by atoms with Crippen LogP contribution in [0.25, 0.3) is 12.2 Å². The van der Waals surface area contributed by atoms with Gasteiger partial charge in [0.2, 0.25) is 0 Å². The summed E-state index contributed by atoms with van der Waals surface area (Å²) in [4.78, 5) is 21.1. The van der Waals surface area contributed by atoms with E-state index in [0.29, 0.717) is 11.1 Å². The molecule has 0 amide bonds. The van der Waals surface area contributed by atoms with Crippen molar-refractivity contribution in [2.45, 2.75) is 6.92 Å². The van der Waals surface area contributed by atoms with E-state index in [1.807, 2.05) is 0 Å². The minimum absolute atomic E-state index is 0.0353. The lowest BCUT2D eigenvalue weighted by Crippen LogP contribution is -2.05. The molecule has 6 heteroatoms. The van der Waals surface area contributed by atoms with Crippen LogP contribution in [0, 0.1) is 22.9 Å². The lowest BCUT2D eigenvalue weighted by atomic mass is 10.0. The number of carbonyl (C=O) groups is 1. The van der Waals surface area contributed by atoms with Gasteiger partial charge in [-0.3, -0.25) is 10.1 Å². The summed E-state index contributed by atoms with van der Waals surface area (Å²) in [5.74, 6) is -2.12. The first kappa shape index (κ1) is 15.4. The van der Waals surface area contributed by atoms with E-state index in [-0.39, 0.29) is 16.8 Å². The predicted octanol–water partition coefficient (Wildman–Crippen LogP) is 3.91. The zero-order chi connectivity index (χ0) is 16.3. The molecule has 0 atom stereocenters. The number of carboxylic acid groups (broad SMARTS) is 1. The topological polar surface area (TPSA) is 80.4 Å². The molecule has 0 aromatic heterocycles. The van der Waals surface area contributed by atoms with Crippen LogP contribution in [0.1, 0.15) is 27.0 Å². The quantitative estimate of drug-likeness (QED) is 0.527. The molecule has 2 rings (SSSR count). The fourth-order valence-corrected chi connectivity index (χ4v) is 1.97. The highest BCUT2D eigenvalue weighted by atomic mass is 19.1. The summed E-state index contributed by atoms with van der Waals surface area (Å²) >= 11 is 0. The molecule has 0 spiro atoms. The van der Waals surface area contributed by atoms with Gasteiger partial charge in [0, 0.05) is 17.7 Å². The Morgan fingerprint density at radius 3 is 2.36 bits per heavy atom. The molecular formula is C16H12FNO4. The molecular weight excluding hydrogens is 289 g/mol. The number of benzene rings is 2. The molecule has 2 aromatic rings. The monoisotopic (exact) mass is 301 g/mol. The van der Waals surface area contributed by atoms with Crippen molar-refractivity contribution in [1.29, 1.82) is 0 Å². The first-order chi connectivity index (χ1) is 10.4. The van der Waals surface area contributed by atoms with E-state index >= 15 is 0 Å². The summed E-state index contributed by atoms with van der Waals surface area (Å²) in [6.07, 6.45) is 2.99. The van der Waals surface area contributed by atoms with Crippen molar-refractivity contribution >= 4 is 23.8 Å². The highest BCUT2D eigenvalue weighted by Gasteiger charge is 2.15. The third-order valence-electron chi connectivity index (χ3n) is 3.15. The minimum atomic E-state index is -1.32. The molecule has 0 saturated heterocycles. The van der Waals surface area contributed by atoms with E-state index < -0.39 is 16.7 Å². The number of aryl methyl sites for hydroxylation is 1. The highest BCUT2D eigenvalue weighted by Crippen LogP contribution is 2.20. The zero-order valence-corrected chi connectivity index (χ0v) is 11.6. The van der Waals surface area contributed by atoms with Crippen molar-refractivity contribution in [2.24, 2.45) is 0 Å². The standard InChI is InChI=1S/C16H12FNO4/c1-10-2-6-12(15(17)14(10)16(19)20)7-3-11-4-8-13(9-5-11)18(21)22/h2-9H,1H3,(H,19,20)/b7-3+. The molecule has 0 unspecified atom stereocenters. The SMILES string of the molecule is Cc1ccc(/C=C/c2ccc([N+](=O)[O-])cc2)c(F)c1C(=O)O. The number of carboxylic acids is 1. The number of aromatic carboxylic acids is 1. The normalized spacial score (nSPS) is 10.8. The molecule has 22 heavy (non-hydrogen) atoms. The van der Waals surface area contributed by atoms with Crippen molar-refractivity contribution in [3.8, 4) is 0 Å². The van der Waals surface area contributed by atoms with E-state index in [9.17, 15) is 19.3 Å². The second-order valence-electron chi connectivity index (χ2n) is 4.65. The van der Waals surface area contributed by atoms with E-state index in [4.69, 9.17) is 5.11 Å². The molecule has 0 bridgehead atoms.